The molecule has 0 aliphatic rings. The molecule has 56 valence electrons. The maximum atomic E-state index is 10.3. The van der Waals surface area contributed by atoms with Gasteiger partial charge in [-0.15, -0.1) is 0 Å². The Morgan fingerprint density at radius 2 is 2.10 bits per heavy atom. The van der Waals surface area contributed by atoms with Crippen molar-refractivity contribution in [3.8, 4) is 0 Å². The van der Waals surface area contributed by atoms with Crippen molar-refractivity contribution in [2.45, 2.75) is 5.44 Å². The first-order valence-electron chi connectivity index (χ1n) is 2.20. The van der Waals surface area contributed by atoms with Crippen molar-refractivity contribution in [1.29, 1.82) is 0 Å². The first-order valence-corrected chi connectivity index (χ1v) is 3.67. The molecule has 0 aromatic rings. The Kier molecular flexibility index (Phi) is 7.35. The molecule has 0 aliphatic heterocycles. The van der Waals surface area contributed by atoms with Gasteiger partial charge in [0, 0.05) is 5.44 Å². The third-order valence-electron chi connectivity index (χ3n) is 0.747. The Hall–Kier alpha value is 0.830. The molecule has 0 saturated heterocycles. The van der Waals surface area contributed by atoms with E-state index >= 15 is 0 Å². The van der Waals surface area contributed by atoms with E-state index in [1.807, 2.05) is 0 Å². The monoisotopic (exact) mass is 177 g/mol. The van der Waals surface area contributed by atoms with E-state index in [1.54, 1.807) is 0 Å². The van der Waals surface area contributed by atoms with Crippen LogP contribution in [-0.2, 0) is 14.3 Å². The topological polar surface area (TPSA) is 92.5 Å². The van der Waals surface area contributed by atoms with Crippen LogP contribution in [0.15, 0.2) is 0 Å². The molecule has 0 fully saturated rings. The zero-order valence-corrected chi connectivity index (χ0v) is 8.72. The van der Waals surface area contributed by atoms with Crippen LogP contribution in [0, 0.1) is 0 Å². The molecule has 1 unspecified atom stereocenters. The second-order valence-electron chi connectivity index (χ2n) is 1.32. The molecule has 0 radical (unpaired) electrons. The average Bonchev–Trinajstić information content (AvgIpc) is 1.86. The zero-order chi connectivity index (χ0) is 7.49. The van der Waals surface area contributed by atoms with Gasteiger partial charge >= 0.3 is 29.6 Å². The van der Waals surface area contributed by atoms with Crippen molar-refractivity contribution in [3.63, 3.8) is 0 Å². The van der Waals surface area contributed by atoms with Gasteiger partial charge in [-0.1, -0.05) is 0 Å². The van der Waals surface area contributed by atoms with Gasteiger partial charge in [-0.05, 0) is 6.54 Å². The van der Waals surface area contributed by atoms with Crippen LogP contribution in [-0.4, -0.2) is 27.5 Å². The van der Waals surface area contributed by atoms with Crippen LogP contribution in [0.1, 0.15) is 0 Å². The molecule has 0 heterocycles. The molecule has 0 aliphatic carbocycles. The van der Waals surface area contributed by atoms with Crippen LogP contribution < -0.4 is 40.4 Å². The average molecular weight is 177 g/mol. The third kappa shape index (κ3) is 3.87. The van der Waals surface area contributed by atoms with Crippen LogP contribution >= 0.6 is 0 Å². The summed E-state index contributed by atoms with van der Waals surface area (Å²) in [5, 5.41) is 10.3. The summed E-state index contributed by atoms with van der Waals surface area (Å²) in [6.45, 7) is -0.462. The summed E-state index contributed by atoms with van der Waals surface area (Å²) in [7, 11) is -3.00. The van der Waals surface area contributed by atoms with E-state index in [0.29, 0.717) is 0 Å². The molecule has 0 amide bonds. The summed E-state index contributed by atoms with van der Waals surface area (Å²) >= 11 is 0. The first kappa shape index (κ1) is 13.4. The number of hydrogen-bond donors (Lipinski definition) is 1. The molecule has 0 aromatic carbocycles. The van der Waals surface area contributed by atoms with E-state index < -0.39 is 22.1 Å². The smallest absolute Gasteiger partial charge is 0.838 e. The minimum Gasteiger partial charge on any atom is -0.838 e. The largest absolute Gasteiger partial charge is 1.00 e. The third-order valence-corrected chi connectivity index (χ3v) is 2.05. The molecular weight excluding hydrogens is 169 g/mol. The quantitative estimate of drug-likeness (QED) is 0.343. The SMILES string of the molecule is COS(=O)(=O)C([O-])CN.[Na+]. The summed E-state index contributed by atoms with van der Waals surface area (Å²) in [4.78, 5) is 0. The van der Waals surface area contributed by atoms with Gasteiger partial charge in [0.2, 0.25) is 0 Å². The Morgan fingerprint density at radius 1 is 1.70 bits per heavy atom. The number of hydrogen-bond acceptors (Lipinski definition) is 5. The van der Waals surface area contributed by atoms with Gasteiger partial charge in [-0.2, -0.15) is 0 Å². The van der Waals surface area contributed by atoms with Gasteiger partial charge in [-0.25, -0.2) is 8.42 Å². The minimum atomic E-state index is -3.93. The predicted molar refractivity (Wildman–Crippen MR) is 28.8 cm³/mol. The maximum absolute atomic E-state index is 10.3. The van der Waals surface area contributed by atoms with Crippen molar-refractivity contribution in [2.24, 2.45) is 5.73 Å². The van der Waals surface area contributed by atoms with Crippen molar-refractivity contribution in [3.05, 3.63) is 0 Å². The van der Waals surface area contributed by atoms with Gasteiger partial charge in [0.25, 0.3) is 10.1 Å². The zero-order valence-electron chi connectivity index (χ0n) is 5.90. The molecule has 0 spiro atoms. The van der Waals surface area contributed by atoms with Crippen LogP contribution in [0.5, 0.6) is 0 Å². The van der Waals surface area contributed by atoms with Crippen LogP contribution in [0.25, 0.3) is 0 Å². The summed E-state index contributed by atoms with van der Waals surface area (Å²) < 4.78 is 24.5. The van der Waals surface area contributed by atoms with Crippen LogP contribution in [0.4, 0.5) is 0 Å². The minimum absolute atomic E-state index is 0. The normalized spacial score (nSPS) is 13.9. The Morgan fingerprint density at radius 3 is 2.20 bits per heavy atom. The molecule has 7 heteroatoms. The molecule has 0 aromatic heterocycles. The van der Waals surface area contributed by atoms with Crippen molar-refractivity contribution >= 4 is 10.1 Å². The second-order valence-corrected chi connectivity index (χ2v) is 3.17. The van der Waals surface area contributed by atoms with Gasteiger partial charge in [0.05, 0.1) is 7.11 Å². The van der Waals surface area contributed by atoms with Crippen LogP contribution in [0.2, 0.25) is 0 Å². The predicted octanol–water partition coefficient (Wildman–Crippen LogP) is -5.39. The van der Waals surface area contributed by atoms with Gasteiger partial charge < -0.3 is 10.8 Å². The molecule has 0 saturated carbocycles. The Balaban J connectivity index is 0. The second kappa shape index (κ2) is 5.48. The van der Waals surface area contributed by atoms with E-state index in [0.717, 1.165) is 7.11 Å². The number of rotatable bonds is 3. The van der Waals surface area contributed by atoms with Crippen molar-refractivity contribution in [2.75, 3.05) is 13.7 Å². The number of nitrogens with two attached hydrogens (primary N) is 1. The fourth-order valence-corrected chi connectivity index (χ4v) is 0.676. The van der Waals surface area contributed by atoms with Gasteiger partial charge in [-0.3, -0.25) is 4.18 Å². The van der Waals surface area contributed by atoms with E-state index in [-0.39, 0.29) is 29.6 Å². The fraction of sp³-hybridized carbons (Fsp3) is 1.00. The molecule has 10 heavy (non-hydrogen) atoms. The molecule has 2 N–H and O–H groups in total. The van der Waals surface area contributed by atoms with E-state index in [9.17, 15) is 13.5 Å². The molecule has 5 nitrogen and oxygen atoms in total. The van der Waals surface area contributed by atoms with E-state index in [4.69, 9.17) is 5.73 Å². The van der Waals surface area contributed by atoms with E-state index in [2.05, 4.69) is 4.18 Å². The summed E-state index contributed by atoms with van der Waals surface area (Å²) in [5.41, 5.74) is 2.90. The first-order chi connectivity index (χ1) is 4.04. The fourth-order valence-electron chi connectivity index (χ4n) is 0.225. The maximum Gasteiger partial charge on any atom is 1.00 e. The van der Waals surface area contributed by atoms with Gasteiger partial charge in [0.1, 0.15) is 0 Å². The van der Waals surface area contributed by atoms with Crippen molar-refractivity contribution in [1.82, 2.24) is 0 Å². The summed E-state index contributed by atoms with van der Waals surface area (Å²) in [6, 6.07) is 0. The standard InChI is InChI=1S/C3H8NO4S.Na/c1-8-9(6,7)3(5)2-4;/h3H,2,4H2,1H3;/q-1;+1. The van der Waals surface area contributed by atoms with Gasteiger partial charge in [0.15, 0.2) is 0 Å². The Labute approximate surface area is 82.0 Å². The molecular formula is C3H8NNaO4S. The van der Waals surface area contributed by atoms with Crippen LogP contribution in [0.3, 0.4) is 0 Å². The Bertz CT molecular complexity index is 167. The van der Waals surface area contributed by atoms with E-state index in [1.165, 1.54) is 0 Å². The molecule has 0 bridgehead atoms. The van der Waals surface area contributed by atoms with Crippen molar-refractivity contribution < 1.29 is 47.3 Å². The molecule has 0 rings (SSSR count). The molecule has 1 atom stereocenters. The summed E-state index contributed by atoms with van der Waals surface area (Å²) in [6.07, 6.45) is 0. The summed E-state index contributed by atoms with van der Waals surface area (Å²) in [5.74, 6) is 0.